The van der Waals surface area contributed by atoms with E-state index >= 15 is 0 Å². The number of allylic oxidation sites excluding steroid dienone is 1. The van der Waals surface area contributed by atoms with E-state index in [2.05, 4.69) is 36.3 Å². The lowest BCUT2D eigenvalue weighted by Gasteiger charge is -2.04. The Balaban J connectivity index is 1.81. The van der Waals surface area contributed by atoms with Gasteiger partial charge in [0.25, 0.3) is 0 Å². The Morgan fingerprint density at radius 2 is 1.76 bits per heavy atom. The molecule has 0 radical (unpaired) electrons. The third-order valence-corrected chi connectivity index (χ3v) is 4.42. The Bertz CT molecular complexity index is 909. The van der Waals surface area contributed by atoms with Crippen LogP contribution >= 0.6 is 11.6 Å². The van der Waals surface area contributed by atoms with Gasteiger partial charge in [0.05, 0.1) is 12.2 Å². The van der Waals surface area contributed by atoms with Crippen LogP contribution < -0.4 is 0 Å². The van der Waals surface area contributed by atoms with E-state index < -0.39 is 0 Å². The second-order valence-electron chi connectivity index (χ2n) is 6.00. The Hall–Kier alpha value is -2.65. The summed E-state index contributed by atoms with van der Waals surface area (Å²) in [6.45, 7) is 4.55. The number of nitrogens with zero attached hydrogens (tertiary/aromatic N) is 2. The van der Waals surface area contributed by atoms with Gasteiger partial charge in [-0.25, -0.2) is 4.68 Å². The molecule has 0 fully saturated rings. The summed E-state index contributed by atoms with van der Waals surface area (Å²) >= 11 is 6.48. The molecule has 3 aromatic rings. The highest BCUT2D eigenvalue weighted by Gasteiger charge is 2.12. The molecule has 3 nitrogen and oxygen atoms in total. The summed E-state index contributed by atoms with van der Waals surface area (Å²) in [7, 11) is 0. The van der Waals surface area contributed by atoms with E-state index in [1.54, 1.807) is 29.0 Å². The number of rotatable bonds is 5. The van der Waals surface area contributed by atoms with Crippen LogP contribution in [0.25, 0.3) is 6.08 Å². The number of aromatic nitrogens is 2. The van der Waals surface area contributed by atoms with Gasteiger partial charge in [0, 0.05) is 11.1 Å². The number of carbonyl (C=O) groups excluding carboxylic acids is 1. The van der Waals surface area contributed by atoms with Gasteiger partial charge in [-0.2, -0.15) is 5.10 Å². The Labute approximate surface area is 152 Å². The smallest absolute Gasteiger partial charge is 0.185 e. The monoisotopic (exact) mass is 350 g/mol. The van der Waals surface area contributed by atoms with Gasteiger partial charge in [0.15, 0.2) is 5.78 Å². The summed E-state index contributed by atoms with van der Waals surface area (Å²) in [4.78, 5) is 12.2. The Morgan fingerprint density at radius 1 is 1.08 bits per heavy atom. The van der Waals surface area contributed by atoms with Gasteiger partial charge in [-0.3, -0.25) is 4.79 Å². The summed E-state index contributed by atoms with van der Waals surface area (Å²) in [5.41, 5.74) is 4.58. The first-order valence-corrected chi connectivity index (χ1v) is 8.48. The Morgan fingerprint density at radius 3 is 2.44 bits per heavy atom. The maximum Gasteiger partial charge on any atom is 0.185 e. The van der Waals surface area contributed by atoms with E-state index in [1.807, 2.05) is 25.1 Å². The molecular formula is C21H19ClN2O. The molecule has 3 rings (SSSR count). The molecule has 2 aromatic carbocycles. The average molecular weight is 351 g/mol. The van der Waals surface area contributed by atoms with Crippen LogP contribution in [0.15, 0.2) is 60.7 Å². The van der Waals surface area contributed by atoms with Crippen LogP contribution in [0.2, 0.25) is 5.15 Å². The summed E-state index contributed by atoms with van der Waals surface area (Å²) in [6, 6.07) is 17.4. The minimum atomic E-state index is -0.0534. The maximum atomic E-state index is 12.2. The van der Waals surface area contributed by atoms with E-state index in [-0.39, 0.29) is 5.78 Å². The summed E-state index contributed by atoms with van der Waals surface area (Å²) in [5, 5.41) is 5.04. The first-order chi connectivity index (χ1) is 12.0. The van der Waals surface area contributed by atoms with Crippen molar-refractivity contribution in [1.82, 2.24) is 9.78 Å². The van der Waals surface area contributed by atoms with Crippen LogP contribution in [-0.2, 0) is 6.54 Å². The number of aryl methyl sites for hydroxylation is 2. The summed E-state index contributed by atoms with van der Waals surface area (Å²) in [6.07, 6.45) is 3.28. The molecule has 0 saturated carbocycles. The second-order valence-corrected chi connectivity index (χ2v) is 6.35. The SMILES string of the molecule is Cc1ccc(Cn2nc(C)c(/C=C/C(=O)c3ccccc3)c2Cl)cc1. The van der Waals surface area contributed by atoms with E-state index in [9.17, 15) is 4.79 Å². The first kappa shape index (κ1) is 17.2. The number of hydrogen-bond donors (Lipinski definition) is 0. The molecule has 126 valence electrons. The molecule has 0 aliphatic carbocycles. The highest BCUT2D eigenvalue weighted by Crippen LogP contribution is 2.22. The van der Waals surface area contributed by atoms with Crippen molar-refractivity contribution in [2.45, 2.75) is 20.4 Å². The highest BCUT2D eigenvalue weighted by molar-refractivity contribution is 6.31. The van der Waals surface area contributed by atoms with E-state index in [0.29, 0.717) is 17.3 Å². The van der Waals surface area contributed by atoms with Crippen LogP contribution in [0.1, 0.15) is 32.7 Å². The molecule has 0 unspecified atom stereocenters. The average Bonchev–Trinajstić information content (AvgIpc) is 2.89. The largest absolute Gasteiger partial charge is 0.289 e. The lowest BCUT2D eigenvalue weighted by molar-refractivity contribution is 0.104. The van der Waals surface area contributed by atoms with E-state index in [4.69, 9.17) is 11.6 Å². The van der Waals surface area contributed by atoms with Crippen LogP contribution in [0, 0.1) is 13.8 Å². The predicted octanol–water partition coefficient (Wildman–Crippen LogP) is 5.10. The standard InChI is InChI=1S/C21H19ClN2O/c1-15-8-10-17(11-9-15)14-24-21(22)19(16(2)23-24)12-13-20(25)18-6-4-3-5-7-18/h3-13H,14H2,1-2H3/b13-12+. The zero-order valence-electron chi connectivity index (χ0n) is 14.2. The number of ketones is 1. The van der Waals surface area contributed by atoms with Crippen molar-refractivity contribution in [3.63, 3.8) is 0 Å². The topological polar surface area (TPSA) is 34.9 Å². The van der Waals surface area contributed by atoms with Crippen molar-refractivity contribution in [3.8, 4) is 0 Å². The van der Waals surface area contributed by atoms with Crippen LogP contribution in [0.4, 0.5) is 0 Å². The fourth-order valence-electron chi connectivity index (χ4n) is 2.59. The first-order valence-electron chi connectivity index (χ1n) is 8.10. The molecule has 0 spiro atoms. The molecule has 4 heteroatoms. The molecule has 0 aliphatic heterocycles. The predicted molar refractivity (Wildman–Crippen MR) is 102 cm³/mol. The lowest BCUT2D eigenvalue weighted by atomic mass is 10.1. The summed E-state index contributed by atoms with van der Waals surface area (Å²) < 4.78 is 1.76. The quantitative estimate of drug-likeness (QED) is 0.474. The molecule has 1 heterocycles. The number of halogens is 1. The van der Waals surface area contributed by atoms with Crippen LogP contribution in [0.5, 0.6) is 0 Å². The third kappa shape index (κ3) is 4.06. The third-order valence-electron chi connectivity index (χ3n) is 4.02. The van der Waals surface area contributed by atoms with E-state index in [0.717, 1.165) is 16.8 Å². The van der Waals surface area contributed by atoms with Crippen molar-refractivity contribution >= 4 is 23.5 Å². The molecule has 0 amide bonds. The molecule has 25 heavy (non-hydrogen) atoms. The van der Waals surface area contributed by atoms with Crippen molar-refractivity contribution < 1.29 is 4.79 Å². The van der Waals surface area contributed by atoms with Crippen molar-refractivity contribution in [1.29, 1.82) is 0 Å². The molecular weight excluding hydrogens is 332 g/mol. The van der Waals surface area contributed by atoms with Gasteiger partial charge in [-0.05, 0) is 31.6 Å². The molecule has 1 aromatic heterocycles. The highest BCUT2D eigenvalue weighted by atomic mass is 35.5. The van der Waals surface area contributed by atoms with Gasteiger partial charge in [-0.1, -0.05) is 71.8 Å². The van der Waals surface area contributed by atoms with Gasteiger partial charge in [-0.15, -0.1) is 0 Å². The fourth-order valence-corrected chi connectivity index (χ4v) is 2.88. The molecule has 0 aliphatic rings. The normalized spacial score (nSPS) is 11.2. The maximum absolute atomic E-state index is 12.2. The van der Waals surface area contributed by atoms with Gasteiger partial charge >= 0.3 is 0 Å². The minimum absolute atomic E-state index is 0.0534. The van der Waals surface area contributed by atoms with Gasteiger partial charge in [0.2, 0.25) is 0 Å². The Kier molecular flexibility index (Phi) is 5.15. The van der Waals surface area contributed by atoms with Crippen molar-refractivity contribution in [2.75, 3.05) is 0 Å². The minimum Gasteiger partial charge on any atom is -0.289 e. The zero-order valence-corrected chi connectivity index (χ0v) is 15.0. The molecule has 0 N–H and O–H groups in total. The lowest BCUT2D eigenvalue weighted by Crippen LogP contribution is -2.02. The zero-order chi connectivity index (χ0) is 17.8. The van der Waals surface area contributed by atoms with Crippen molar-refractivity contribution in [2.24, 2.45) is 0 Å². The number of hydrogen-bond acceptors (Lipinski definition) is 2. The molecule has 0 bridgehead atoms. The van der Waals surface area contributed by atoms with Gasteiger partial charge in [0.1, 0.15) is 5.15 Å². The van der Waals surface area contributed by atoms with Gasteiger partial charge < -0.3 is 0 Å². The fraction of sp³-hybridized carbons (Fsp3) is 0.143. The number of carbonyl (C=O) groups is 1. The second kappa shape index (κ2) is 7.49. The van der Waals surface area contributed by atoms with E-state index in [1.165, 1.54) is 5.56 Å². The number of benzene rings is 2. The summed E-state index contributed by atoms with van der Waals surface area (Å²) in [5.74, 6) is -0.0534. The van der Waals surface area contributed by atoms with Crippen LogP contribution in [-0.4, -0.2) is 15.6 Å². The molecule has 0 saturated heterocycles. The van der Waals surface area contributed by atoms with Crippen LogP contribution in [0.3, 0.4) is 0 Å². The van der Waals surface area contributed by atoms with Crippen molar-refractivity contribution in [3.05, 3.63) is 93.8 Å². The molecule has 0 atom stereocenters.